The molecule has 0 aliphatic carbocycles. The van der Waals surface area contributed by atoms with E-state index in [1.165, 1.54) is 11.3 Å². The summed E-state index contributed by atoms with van der Waals surface area (Å²) in [6, 6.07) is 25.9. The standard InChI is InChI=1S/C26H20N2O4S/c1-30-21-13-14-23-24(16-21)33-26(27-23)28(17-22-8-5-15-31-22)25(29)18-9-11-20(12-10-18)32-19-6-3-2-4-7-19/h2-16H,17H2,1H3. The highest BCUT2D eigenvalue weighted by molar-refractivity contribution is 7.22. The van der Waals surface area contributed by atoms with E-state index < -0.39 is 0 Å². The Labute approximate surface area is 194 Å². The first-order chi connectivity index (χ1) is 16.2. The van der Waals surface area contributed by atoms with Crippen molar-refractivity contribution in [1.29, 1.82) is 0 Å². The van der Waals surface area contributed by atoms with Gasteiger partial charge in [-0.05, 0) is 66.7 Å². The summed E-state index contributed by atoms with van der Waals surface area (Å²) >= 11 is 1.43. The fourth-order valence-electron chi connectivity index (χ4n) is 3.37. The van der Waals surface area contributed by atoms with Crippen LogP contribution in [0.4, 0.5) is 5.13 Å². The molecule has 7 heteroatoms. The van der Waals surface area contributed by atoms with Gasteiger partial charge in [-0.1, -0.05) is 29.5 Å². The number of nitrogens with zero attached hydrogens (tertiary/aromatic N) is 2. The summed E-state index contributed by atoms with van der Waals surface area (Å²) in [4.78, 5) is 19.8. The first kappa shape index (κ1) is 20.8. The fraction of sp³-hybridized carbons (Fsp3) is 0.0769. The van der Waals surface area contributed by atoms with Gasteiger partial charge in [0, 0.05) is 5.56 Å². The molecule has 5 aromatic rings. The van der Waals surface area contributed by atoms with Crippen LogP contribution >= 0.6 is 11.3 Å². The molecule has 2 aromatic heterocycles. The lowest BCUT2D eigenvalue weighted by atomic mass is 10.2. The Morgan fingerprint density at radius 2 is 1.70 bits per heavy atom. The maximum absolute atomic E-state index is 13.5. The lowest BCUT2D eigenvalue weighted by Gasteiger charge is -2.19. The summed E-state index contributed by atoms with van der Waals surface area (Å²) in [6.45, 7) is 0.269. The molecular weight excluding hydrogens is 436 g/mol. The highest BCUT2D eigenvalue weighted by Crippen LogP contribution is 2.33. The smallest absolute Gasteiger partial charge is 0.260 e. The largest absolute Gasteiger partial charge is 0.497 e. The van der Waals surface area contributed by atoms with Crippen molar-refractivity contribution in [2.45, 2.75) is 6.54 Å². The SMILES string of the molecule is COc1ccc2nc(N(Cc3ccco3)C(=O)c3ccc(Oc4ccccc4)cc3)sc2c1. The number of methoxy groups -OCH3 is 1. The van der Waals surface area contributed by atoms with Crippen LogP contribution in [-0.4, -0.2) is 18.0 Å². The predicted octanol–water partition coefficient (Wildman–Crippen LogP) is 6.54. The molecule has 5 rings (SSSR count). The zero-order chi connectivity index (χ0) is 22.6. The third-order valence-corrected chi connectivity index (χ3v) is 6.08. The molecule has 0 radical (unpaired) electrons. The predicted molar refractivity (Wildman–Crippen MR) is 128 cm³/mol. The van der Waals surface area contributed by atoms with Gasteiger partial charge in [-0.3, -0.25) is 9.69 Å². The summed E-state index contributed by atoms with van der Waals surface area (Å²) in [5, 5.41) is 0.587. The molecule has 0 fully saturated rings. The van der Waals surface area contributed by atoms with Crippen molar-refractivity contribution in [3.05, 3.63) is 103 Å². The molecule has 0 bridgehead atoms. The van der Waals surface area contributed by atoms with E-state index in [-0.39, 0.29) is 12.5 Å². The Hall–Kier alpha value is -4.10. The molecule has 0 N–H and O–H groups in total. The van der Waals surface area contributed by atoms with Gasteiger partial charge < -0.3 is 13.9 Å². The van der Waals surface area contributed by atoms with Gasteiger partial charge in [0.15, 0.2) is 5.13 Å². The lowest BCUT2D eigenvalue weighted by molar-refractivity contribution is 0.0983. The third kappa shape index (κ3) is 4.58. The summed E-state index contributed by atoms with van der Waals surface area (Å²) in [6.07, 6.45) is 1.59. The molecule has 0 aliphatic heterocycles. The van der Waals surface area contributed by atoms with Gasteiger partial charge in [0.25, 0.3) is 5.91 Å². The van der Waals surface area contributed by atoms with Gasteiger partial charge in [-0.2, -0.15) is 0 Å². The number of rotatable bonds is 7. The second-order valence-corrected chi connectivity index (χ2v) is 8.25. The maximum Gasteiger partial charge on any atom is 0.260 e. The molecule has 2 heterocycles. The number of carbonyl (C=O) groups is 1. The summed E-state index contributed by atoms with van der Waals surface area (Å²) in [5.41, 5.74) is 1.33. The number of furan rings is 1. The number of anilines is 1. The number of para-hydroxylation sites is 1. The van der Waals surface area contributed by atoms with Crippen molar-refractivity contribution in [2.75, 3.05) is 12.0 Å². The minimum Gasteiger partial charge on any atom is -0.497 e. The lowest BCUT2D eigenvalue weighted by Crippen LogP contribution is -2.30. The quantitative estimate of drug-likeness (QED) is 0.278. The first-order valence-corrected chi connectivity index (χ1v) is 11.1. The van der Waals surface area contributed by atoms with Crippen LogP contribution in [-0.2, 0) is 6.54 Å². The number of benzene rings is 3. The molecule has 0 saturated carbocycles. The summed E-state index contributed by atoms with van der Waals surface area (Å²) in [7, 11) is 1.63. The Morgan fingerprint density at radius 1 is 0.939 bits per heavy atom. The second kappa shape index (κ2) is 9.18. The van der Waals surface area contributed by atoms with Gasteiger partial charge in [0.2, 0.25) is 0 Å². The van der Waals surface area contributed by atoms with Gasteiger partial charge >= 0.3 is 0 Å². The van der Waals surface area contributed by atoms with Crippen LogP contribution in [0.1, 0.15) is 16.1 Å². The molecule has 0 spiro atoms. The number of fused-ring (bicyclic) bond motifs is 1. The Kier molecular flexibility index (Phi) is 5.78. The highest BCUT2D eigenvalue weighted by Gasteiger charge is 2.23. The van der Waals surface area contributed by atoms with Gasteiger partial charge in [0.1, 0.15) is 23.0 Å². The first-order valence-electron chi connectivity index (χ1n) is 10.3. The van der Waals surface area contributed by atoms with Crippen LogP contribution < -0.4 is 14.4 Å². The second-order valence-electron chi connectivity index (χ2n) is 7.24. The molecule has 3 aromatic carbocycles. The maximum atomic E-state index is 13.5. The summed E-state index contributed by atoms with van der Waals surface area (Å²) < 4.78 is 17.6. The van der Waals surface area contributed by atoms with Crippen LogP contribution in [0.25, 0.3) is 10.2 Å². The zero-order valence-corrected chi connectivity index (χ0v) is 18.6. The Balaban J connectivity index is 1.44. The molecule has 164 valence electrons. The van der Waals surface area contributed by atoms with Crippen LogP contribution in [0.15, 0.2) is 95.6 Å². The van der Waals surface area contributed by atoms with E-state index in [1.54, 1.807) is 48.6 Å². The monoisotopic (exact) mass is 456 g/mol. The molecule has 0 aliphatic rings. The van der Waals surface area contributed by atoms with Crippen molar-refractivity contribution in [3.63, 3.8) is 0 Å². The molecule has 1 amide bonds. The van der Waals surface area contributed by atoms with E-state index in [9.17, 15) is 4.79 Å². The van der Waals surface area contributed by atoms with Crippen molar-refractivity contribution in [3.8, 4) is 17.2 Å². The van der Waals surface area contributed by atoms with Crippen LogP contribution in [0, 0.1) is 0 Å². The molecule has 0 saturated heterocycles. The van der Waals surface area contributed by atoms with E-state index in [0.29, 0.717) is 22.2 Å². The van der Waals surface area contributed by atoms with E-state index >= 15 is 0 Å². The minimum atomic E-state index is -0.177. The van der Waals surface area contributed by atoms with Crippen molar-refractivity contribution in [1.82, 2.24) is 4.98 Å². The third-order valence-electron chi connectivity index (χ3n) is 5.03. The summed E-state index contributed by atoms with van der Waals surface area (Å²) in [5.74, 6) is 2.63. The van der Waals surface area contributed by atoms with E-state index in [2.05, 4.69) is 0 Å². The van der Waals surface area contributed by atoms with Crippen LogP contribution in [0.3, 0.4) is 0 Å². The minimum absolute atomic E-state index is 0.177. The van der Waals surface area contributed by atoms with Gasteiger partial charge in [-0.15, -0.1) is 0 Å². The number of amides is 1. The van der Waals surface area contributed by atoms with Crippen molar-refractivity contribution < 1.29 is 18.7 Å². The van der Waals surface area contributed by atoms with Gasteiger partial charge in [0.05, 0.1) is 30.1 Å². The van der Waals surface area contributed by atoms with Crippen molar-refractivity contribution >= 4 is 32.6 Å². The number of thiazole rings is 1. The number of aromatic nitrogens is 1. The average molecular weight is 457 g/mol. The van der Waals surface area contributed by atoms with E-state index in [0.717, 1.165) is 21.7 Å². The fourth-order valence-corrected chi connectivity index (χ4v) is 4.36. The number of carbonyl (C=O) groups excluding carboxylic acids is 1. The average Bonchev–Trinajstić information content (AvgIpc) is 3.52. The van der Waals surface area contributed by atoms with Crippen molar-refractivity contribution in [2.24, 2.45) is 0 Å². The molecular formula is C26H20N2O4S. The van der Waals surface area contributed by atoms with E-state index in [1.807, 2.05) is 54.6 Å². The molecule has 33 heavy (non-hydrogen) atoms. The molecule has 0 atom stereocenters. The molecule has 0 unspecified atom stereocenters. The number of ether oxygens (including phenoxy) is 2. The van der Waals surface area contributed by atoms with Gasteiger partial charge in [-0.25, -0.2) is 4.98 Å². The van der Waals surface area contributed by atoms with E-state index in [4.69, 9.17) is 18.9 Å². The highest BCUT2D eigenvalue weighted by atomic mass is 32.1. The Bertz CT molecular complexity index is 1360. The normalized spacial score (nSPS) is 10.8. The number of hydrogen-bond donors (Lipinski definition) is 0. The number of hydrogen-bond acceptors (Lipinski definition) is 6. The van der Waals surface area contributed by atoms with Crippen LogP contribution in [0.5, 0.6) is 17.2 Å². The topological polar surface area (TPSA) is 64.8 Å². The Morgan fingerprint density at radius 3 is 2.42 bits per heavy atom. The zero-order valence-electron chi connectivity index (χ0n) is 17.8. The van der Waals surface area contributed by atoms with Crippen LogP contribution in [0.2, 0.25) is 0 Å². The molecule has 6 nitrogen and oxygen atoms in total.